The Morgan fingerprint density at radius 1 is 1.10 bits per heavy atom. The van der Waals surface area contributed by atoms with E-state index in [0.717, 1.165) is 83.0 Å². The molecule has 11 heteroatoms. The van der Waals surface area contributed by atoms with Gasteiger partial charge in [0.25, 0.3) is 0 Å². The van der Waals surface area contributed by atoms with Crippen LogP contribution in [0.2, 0.25) is 0 Å². The first-order valence-electron chi connectivity index (χ1n) is 14.0. The summed E-state index contributed by atoms with van der Waals surface area (Å²) in [4.78, 5) is 19.5. The smallest absolute Gasteiger partial charge is 0.227 e. The highest BCUT2D eigenvalue weighted by atomic mass is 32.2. The maximum absolute atomic E-state index is 10.0. The monoisotopic (exact) mass is 601 g/mol. The SMILES string of the molecule is CCN1CCN(CCCOc2cccc(Nc3nccc(-c4sc(SC)c(C#N)c4-c4cncc(OC)c4)n3)c2)CC1. The predicted molar refractivity (Wildman–Crippen MR) is 170 cm³/mol. The van der Waals surface area contributed by atoms with Crippen LogP contribution in [-0.2, 0) is 0 Å². The zero-order valence-corrected chi connectivity index (χ0v) is 25.8. The third kappa shape index (κ3) is 7.20. The van der Waals surface area contributed by atoms with Gasteiger partial charge in [-0.05, 0) is 43.5 Å². The summed E-state index contributed by atoms with van der Waals surface area (Å²) in [5.41, 5.74) is 3.77. The number of pyridine rings is 1. The van der Waals surface area contributed by atoms with Crippen LogP contribution in [0.15, 0.2) is 59.2 Å². The fourth-order valence-corrected chi connectivity index (χ4v) is 6.83. The molecule has 0 unspecified atom stereocenters. The van der Waals surface area contributed by atoms with E-state index in [2.05, 4.69) is 38.1 Å². The fraction of sp³-hybridized carbons (Fsp3) is 0.355. The number of hydrogen-bond donors (Lipinski definition) is 1. The van der Waals surface area contributed by atoms with Crippen LogP contribution < -0.4 is 14.8 Å². The van der Waals surface area contributed by atoms with E-state index in [1.165, 1.54) is 0 Å². The molecule has 3 aromatic heterocycles. The second kappa shape index (κ2) is 14.5. The minimum absolute atomic E-state index is 0.461. The molecule has 0 spiro atoms. The fourth-order valence-electron chi connectivity index (χ4n) is 4.92. The molecular weight excluding hydrogens is 567 g/mol. The molecule has 9 nitrogen and oxygen atoms in total. The lowest BCUT2D eigenvalue weighted by atomic mass is 10.0. The number of thioether (sulfide) groups is 1. The molecule has 0 aliphatic carbocycles. The molecule has 1 saturated heterocycles. The molecule has 1 aliphatic heterocycles. The van der Waals surface area contributed by atoms with E-state index in [9.17, 15) is 5.26 Å². The van der Waals surface area contributed by atoms with Gasteiger partial charge in [-0.25, -0.2) is 9.97 Å². The summed E-state index contributed by atoms with van der Waals surface area (Å²) < 4.78 is 12.4. The topological polar surface area (TPSA) is 99.4 Å². The quantitative estimate of drug-likeness (QED) is 0.153. The van der Waals surface area contributed by atoms with Crippen molar-refractivity contribution in [2.75, 3.05) is 64.6 Å². The Balaban J connectivity index is 1.28. The third-order valence-electron chi connectivity index (χ3n) is 7.19. The summed E-state index contributed by atoms with van der Waals surface area (Å²) in [6.07, 6.45) is 8.08. The molecular formula is C31H35N7O2S2. The number of thiophene rings is 1. The number of anilines is 2. The van der Waals surface area contributed by atoms with Crippen molar-refractivity contribution in [3.63, 3.8) is 0 Å². The molecule has 0 radical (unpaired) electrons. The number of likely N-dealkylation sites (N-methyl/N-ethyl adjacent to an activating group) is 1. The Bertz CT molecular complexity index is 1530. The van der Waals surface area contributed by atoms with Crippen LogP contribution in [0.25, 0.3) is 21.7 Å². The van der Waals surface area contributed by atoms with Gasteiger partial charge in [-0.3, -0.25) is 4.98 Å². The number of aromatic nitrogens is 3. The van der Waals surface area contributed by atoms with E-state index < -0.39 is 0 Å². The molecule has 218 valence electrons. The maximum Gasteiger partial charge on any atom is 0.227 e. The summed E-state index contributed by atoms with van der Waals surface area (Å²) in [6.45, 7) is 9.65. The van der Waals surface area contributed by atoms with Gasteiger partial charge in [0, 0.05) is 68.0 Å². The van der Waals surface area contributed by atoms with Crippen LogP contribution in [0.3, 0.4) is 0 Å². The van der Waals surface area contributed by atoms with E-state index in [1.54, 1.807) is 48.8 Å². The molecule has 1 aromatic carbocycles. The van der Waals surface area contributed by atoms with Crippen LogP contribution in [-0.4, -0.2) is 84.0 Å². The summed E-state index contributed by atoms with van der Waals surface area (Å²) in [5.74, 6) is 1.89. The third-order valence-corrected chi connectivity index (χ3v) is 9.52. The second-order valence-corrected chi connectivity index (χ2v) is 11.9. The van der Waals surface area contributed by atoms with Gasteiger partial charge in [0.1, 0.15) is 17.6 Å². The molecule has 0 atom stereocenters. The van der Waals surface area contributed by atoms with Crippen LogP contribution >= 0.6 is 23.1 Å². The van der Waals surface area contributed by atoms with Crippen LogP contribution in [0.4, 0.5) is 11.6 Å². The molecule has 0 saturated carbocycles. The lowest BCUT2D eigenvalue weighted by Gasteiger charge is -2.33. The number of methoxy groups -OCH3 is 1. The van der Waals surface area contributed by atoms with Gasteiger partial charge >= 0.3 is 0 Å². The van der Waals surface area contributed by atoms with Crippen molar-refractivity contribution in [2.45, 2.75) is 17.6 Å². The molecule has 1 N–H and O–H groups in total. The minimum atomic E-state index is 0.461. The van der Waals surface area contributed by atoms with Gasteiger partial charge in [-0.15, -0.1) is 23.1 Å². The highest BCUT2D eigenvalue weighted by Crippen LogP contribution is 2.46. The molecule has 4 heterocycles. The average molecular weight is 602 g/mol. The summed E-state index contributed by atoms with van der Waals surface area (Å²) in [6, 6.07) is 14.0. The summed E-state index contributed by atoms with van der Waals surface area (Å²) in [5, 5.41) is 13.4. The first-order chi connectivity index (χ1) is 20.6. The zero-order chi connectivity index (χ0) is 29.3. The number of ether oxygens (including phenoxy) is 2. The van der Waals surface area contributed by atoms with Crippen molar-refractivity contribution in [1.82, 2.24) is 24.8 Å². The zero-order valence-electron chi connectivity index (χ0n) is 24.2. The molecule has 0 amide bonds. The number of nitrogens with zero attached hydrogens (tertiary/aromatic N) is 6. The molecule has 1 aliphatic rings. The van der Waals surface area contributed by atoms with Crippen LogP contribution in [0.1, 0.15) is 18.9 Å². The van der Waals surface area contributed by atoms with E-state index in [-0.39, 0.29) is 0 Å². The van der Waals surface area contributed by atoms with Crippen LogP contribution in [0.5, 0.6) is 11.5 Å². The normalized spacial score (nSPS) is 14.0. The van der Waals surface area contributed by atoms with Gasteiger partial charge in [0.05, 0.1) is 40.3 Å². The Kier molecular flexibility index (Phi) is 10.3. The Morgan fingerprint density at radius 2 is 1.93 bits per heavy atom. The predicted octanol–water partition coefficient (Wildman–Crippen LogP) is 6.02. The Hall–Kier alpha value is -3.69. The van der Waals surface area contributed by atoms with E-state index in [0.29, 0.717) is 23.9 Å². The minimum Gasteiger partial charge on any atom is -0.495 e. The van der Waals surface area contributed by atoms with Crippen LogP contribution in [0, 0.1) is 11.3 Å². The summed E-state index contributed by atoms with van der Waals surface area (Å²) in [7, 11) is 1.60. The highest BCUT2D eigenvalue weighted by Gasteiger charge is 2.22. The van der Waals surface area contributed by atoms with Gasteiger partial charge in [0.15, 0.2) is 0 Å². The Morgan fingerprint density at radius 3 is 2.69 bits per heavy atom. The largest absolute Gasteiger partial charge is 0.495 e. The van der Waals surface area contributed by atoms with Gasteiger partial charge < -0.3 is 24.6 Å². The van der Waals surface area contributed by atoms with E-state index in [4.69, 9.17) is 14.5 Å². The van der Waals surface area contributed by atoms with Crippen molar-refractivity contribution in [3.8, 4) is 39.3 Å². The van der Waals surface area contributed by atoms with E-state index >= 15 is 0 Å². The van der Waals surface area contributed by atoms with Crippen molar-refractivity contribution in [2.24, 2.45) is 0 Å². The lowest BCUT2D eigenvalue weighted by molar-refractivity contribution is 0.130. The number of piperazine rings is 1. The molecule has 4 aromatic rings. The maximum atomic E-state index is 10.0. The first kappa shape index (κ1) is 29.8. The van der Waals surface area contributed by atoms with E-state index in [1.807, 2.05) is 42.7 Å². The molecule has 0 bridgehead atoms. The molecule has 42 heavy (non-hydrogen) atoms. The second-order valence-electron chi connectivity index (χ2n) is 9.79. The Labute approximate surface area is 255 Å². The lowest BCUT2D eigenvalue weighted by Crippen LogP contribution is -2.46. The molecule has 5 rings (SSSR count). The molecule has 1 fully saturated rings. The number of hydrogen-bond acceptors (Lipinski definition) is 11. The average Bonchev–Trinajstić information content (AvgIpc) is 3.43. The van der Waals surface area contributed by atoms with Crippen molar-refractivity contribution < 1.29 is 9.47 Å². The van der Waals surface area contributed by atoms with Gasteiger partial charge in [-0.1, -0.05) is 13.0 Å². The number of rotatable bonds is 12. The standard InChI is InChI=1S/C31H35N7O2S2/c1-4-37-12-14-38(15-13-37)11-6-16-40-24-8-5-7-23(18-24)35-31-34-10-9-27(36-31)29-28(26(19-32)30(41-3)42-29)22-17-25(39-2)21-33-20-22/h5,7-10,17-18,20-21H,4,6,11-16H2,1-3H3,(H,34,35,36). The van der Waals surface area contributed by atoms with Crippen molar-refractivity contribution >= 4 is 34.7 Å². The van der Waals surface area contributed by atoms with Crippen molar-refractivity contribution in [3.05, 3.63) is 60.6 Å². The first-order valence-corrected chi connectivity index (χ1v) is 16.0. The van der Waals surface area contributed by atoms with Crippen molar-refractivity contribution in [1.29, 1.82) is 5.26 Å². The number of nitrogens with one attached hydrogen (secondary N) is 1. The number of benzene rings is 1. The highest BCUT2D eigenvalue weighted by molar-refractivity contribution is 8.00. The van der Waals surface area contributed by atoms with Gasteiger partial charge in [0.2, 0.25) is 5.95 Å². The summed E-state index contributed by atoms with van der Waals surface area (Å²) >= 11 is 3.09. The number of nitriles is 1. The van der Waals surface area contributed by atoms with Gasteiger partial charge in [-0.2, -0.15) is 5.26 Å².